The van der Waals surface area contributed by atoms with E-state index in [1.54, 1.807) is 24.3 Å². The van der Waals surface area contributed by atoms with Gasteiger partial charge in [0.1, 0.15) is 19.0 Å². The lowest BCUT2D eigenvalue weighted by atomic mass is 10.0. The number of benzene rings is 1. The van der Waals surface area contributed by atoms with Gasteiger partial charge in [-0.05, 0) is 17.7 Å². The van der Waals surface area contributed by atoms with Gasteiger partial charge in [0.25, 0.3) is 0 Å². The van der Waals surface area contributed by atoms with Crippen molar-refractivity contribution in [2.45, 2.75) is 12.5 Å². The molecule has 0 saturated heterocycles. The normalized spacial score (nSPS) is 11.9. The van der Waals surface area contributed by atoms with Crippen molar-refractivity contribution in [3.05, 3.63) is 29.8 Å². The van der Waals surface area contributed by atoms with E-state index in [0.29, 0.717) is 5.75 Å². The molecular weight excluding hydrogens is 225 g/mol. The molecule has 0 aliphatic carbocycles. The highest BCUT2D eigenvalue weighted by Gasteiger charge is 2.12. The number of carbonyl (C=O) groups excluding carboxylic acids is 1. The van der Waals surface area contributed by atoms with Gasteiger partial charge in [0.2, 0.25) is 0 Å². The summed E-state index contributed by atoms with van der Waals surface area (Å²) >= 11 is 0. The van der Waals surface area contributed by atoms with Crippen molar-refractivity contribution in [3.8, 4) is 5.75 Å². The van der Waals surface area contributed by atoms with Gasteiger partial charge in [-0.1, -0.05) is 12.1 Å². The molecule has 1 aromatic rings. The summed E-state index contributed by atoms with van der Waals surface area (Å²) in [6.45, 7) is -0.534. The van der Waals surface area contributed by atoms with Crippen LogP contribution < -0.4 is 10.5 Å². The van der Waals surface area contributed by atoms with Crippen LogP contribution in [0.25, 0.3) is 0 Å². The predicted molar refractivity (Wildman–Crippen MR) is 61.5 cm³/mol. The zero-order valence-electron chi connectivity index (χ0n) is 9.69. The molecule has 4 nitrogen and oxygen atoms in total. The van der Waals surface area contributed by atoms with Crippen LogP contribution in [0.15, 0.2) is 24.3 Å². The monoisotopic (exact) mass is 241 g/mol. The van der Waals surface area contributed by atoms with Crippen LogP contribution in [0, 0.1) is 0 Å². The zero-order valence-corrected chi connectivity index (χ0v) is 9.69. The topological polar surface area (TPSA) is 61.5 Å². The van der Waals surface area contributed by atoms with Crippen molar-refractivity contribution in [1.29, 1.82) is 0 Å². The molecule has 0 bridgehead atoms. The van der Waals surface area contributed by atoms with Crippen LogP contribution >= 0.6 is 0 Å². The minimum Gasteiger partial charge on any atom is -0.491 e. The Hall–Kier alpha value is -1.62. The molecule has 94 valence electrons. The number of rotatable bonds is 6. The molecule has 0 heterocycles. The molecule has 0 fully saturated rings. The summed E-state index contributed by atoms with van der Waals surface area (Å²) in [5.41, 5.74) is 6.59. The van der Waals surface area contributed by atoms with E-state index >= 15 is 0 Å². The summed E-state index contributed by atoms with van der Waals surface area (Å²) in [6.07, 6.45) is 0.100. The molecule has 0 spiro atoms. The predicted octanol–water partition coefficient (Wildman–Crippen LogP) is 1.60. The fraction of sp³-hybridized carbons (Fsp3) is 0.417. The lowest BCUT2D eigenvalue weighted by molar-refractivity contribution is -0.141. The molecule has 5 heteroatoms. The van der Waals surface area contributed by atoms with E-state index in [-0.39, 0.29) is 19.0 Å². The Balaban J connectivity index is 2.66. The number of halogens is 1. The molecule has 0 aliphatic rings. The molecule has 0 radical (unpaired) electrons. The molecule has 1 aromatic carbocycles. The molecule has 1 atom stereocenters. The van der Waals surface area contributed by atoms with Crippen molar-refractivity contribution in [3.63, 3.8) is 0 Å². The maximum Gasteiger partial charge on any atom is 0.307 e. The average molecular weight is 241 g/mol. The third-order valence-corrected chi connectivity index (χ3v) is 2.25. The van der Waals surface area contributed by atoms with Gasteiger partial charge < -0.3 is 15.2 Å². The Labute approximate surface area is 99.5 Å². The van der Waals surface area contributed by atoms with Gasteiger partial charge >= 0.3 is 5.97 Å². The fourth-order valence-corrected chi connectivity index (χ4v) is 1.37. The van der Waals surface area contributed by atoms with E-state index in [1.807, 2.05) is 0 Å². The van der Waals surface area contributed by atoms with E-state index < -0.39 is 12.7 Å². The highest BCUT2D eigenvalue weighted by molar-refractivity contribution is 5.70. The molecule has 0 aliphatic heterocycles. The van der Waals surface area contributed by atoms with Gasteiger partial charge in [0.05, 0.1) is 13.5 Å². The smallest absolute Gasteiger partial charge is 0.307 e. The molecule has 0 saturated carbocycles. The van der Waals surface area contributed by atoms with Crippen LogP contribution in [-0.2, 0) is 9.53 Å². The second-order valence-corrected chi connectivity index (χ2v) is 3.50. The number of esters is 1. The molecule has 0 aromatic heterocycles. The van der Waals surface area contributed by atoms with E-state index in [0.717, 1.165) is 5.56 Å². The van der Waals surface area contributed by atoms with Crippen molar-refractivity contribution in [1.82, 2.24) is 0 Å². The lowest BCUT2D eigenvalue weighted by Gasteiger charge is -2.12. The van der Waals surface area contributed by atoms with Crippen molar-refractivity contribution < 1.29 is 18.7 Å². The van der Waals surface area contributed by atoms with Gasteiger partial charge in [-0.25, -0.2) is 4.39 Å². The highest BCUT2D eigenvalue weighted by Crippen LogP contribution is 2.20. The van der Waals surface area contributed by atoms with Crippen LogP contribution in [0.4, 0.5) is 4.39 Å². The number of alkyl halides is 1. The standard InChI is InChI=1S/C12H16FNO3/c1-16-12(15)8-11(14)9-3-2-4-10(7-9)17-6-5-13/h2-4,7,11H,5-6,8,14H2,1H3. The SMILES string of the molecule is COC(=O)CC(N)c1cccc(OCCF)c1. The van der Waals surface area contributed by atoms with Crippen molar-refractivity contribution >= 4 is 5.97 Å². The molecule has 1 rings (SSSR count). The fourth-order valence-electron chi connectivity index (χ4n) is 1.37. The summed E-state index contributed by atoms with van der Waals surface area (Å²) in [7, 11) is 1.32. The molecule has 1 unspecified atom stereocenters. The number of ether oxygens (including phenoxy) is 2. The Morgan fingerprint density at radius 1 is 1.53 bits per heavy atom. The number of carbonyl (C=O) groups is 1. The maximum atomic E-state index is 11.9. The van der Waals surface area contributed by atoms with Gasteiger partial charge in [-0.3, -0.25) is 4.79 Å². The van der Waals surface area contributed by atoms with E-state index in [2.05, 4.69) is 4.74 Å². The minimum absolute atomic E-state index is 0.00962. The zero-order chi connectivity index (χ0) is 12.7. The maximum absolute atomic E-state index is 11.9. The van der Waals surface area contributed by atoms with Crippen LogP contribution in [-0.4, -0.2) is 26.4 Å². The second kappa shape index (κ2) is 6.85. The quantitative estimate of drug-likeness (QED) is 0.768. The van der Waals surface area contributed by atoms with Gasteiger partial charge in [0.15, 0.2) is 0 Å². The summed E-state index contributed by atoms with van der Waals surface area (Å²) < 4.78 is 21.6. The first kappa shape index (κ1) is 13.4. The molecule has 17 heavy (non-hydrogen) atoms. The summed E-state index contributed by atoms with van der Waals surface area (Å²) in [4.78, 5) is 11.1. The Bertz CT molecular complexity index is 371. The van der Waals surface area contributed by atoms with Crippen LogP contribution in [0.3, 0.4) is 0 Å². The van der Waals surface area contributed by atoms with Gasteiger partial charge in [0, 0.05) is 6.04 Å². The largest absolute Gasteiger partial charge is 0.491 e. The average Bonchev–Trinajstić information content (AvgIpc) is 2.36. The Morgan fingerprint density at radius 2 is 2.29 bits per heavy atom. The third-order valence-electron chi connectivity index (χ3n) is 2.25. The Morgan fingerprint density at radius 3 is 2.94 bits per heavy atom. The summed E-state index contributed by atoms with van der Waals surface area (Å²) in [5.74, 6) is 0.174. The van der Waals surface area contributed by atoms with E-state index in [9.17, 15) is 9.18 Å². The number of nitrogens with two attached hydrogens (primary N) is 1. The Kier molecular flexibility index (Phi) is 5.42. The van der Waals surface area contributed by atoms with Crippen molar-refractivity contribution in [2.75, 3.05) is 20.4 Å². The first-order valence-corrected chi connectivity index (χ1v) is 5.28. The molecular formula is C12H16FNO3. The van der Waals surface area contributed by atoms with Crippen molar-refractivity contribution in [2.24, 2.45) is 5.73 Å². The van der Waals surface area contributed by atoms with E-state index in [1.165, 1.54) is 7.11 Å². The van der Waals surface area contributed by atoms with Crippen LogP contribution in [0.1, 0.15) is 18.0 Å². The number of methoxy groups -OCH3 is 1. The highest BCUT2D eigenvalue weighted by atomic mass is 19.1. The number of hydrogen-bond donors (Lipinski definition) is 1. The third kappa shape index (κ3) is 4.40. The van der Waals surface area contributed by atoms with Crippen LogP contribution in [0.5, 0.6) is 5.75 Å². The van der Waals surface area contributed by atoms with Gasteiger partial charge in [-0.15, -0.1) is 0 Å². The van der Waals surface area contributed by atoms with Gasteiger partial charge in [-0.2, -0.15) is 0 Å². The summed E-state index contributed by atoms with van der Waals surface area (Å²) in [6, 6.07) is 6.50. The molecule has 2 N–H and O–H groups in total. The first-order valence-electron chi connectivity index (χ1n) is 5.28. The van der Waals surface area contributed by atoms with E-state index in [4.69, 9.17) is 10.5 Å². The lowest BCUT2D eigenvalue weighted by Crippen LogP contribution is -2.16. The molecule has 0 amide bonds. The minimum atomic E-state index is -0.543. The number of hydrogen-bond acceptors (Lipinski definition) is 4. The summed E-state index contributed by atoms with van der Waals surface area (Å²) in [5, 5.41) is 0. The first-order chi connectivity index (χ1) is 8.17. The van der Waals surface area contributed by atoms with Crippen LogP contribution in [0.2, 0.25) is 0 Å². The second-order valence-electron chi connectivity index (χ2n) is 3.50.